The number of carbonyl (C=O) groups is 3. The average molecular weight is 264 g/mol. The third-order valence-electron chi connectivity index (χ3n) is 2.20. The Kier molecular flexibility index (Phi) is 6.08. The monoisotopic (exact) mass is 264 g/mol. The van der Waals surface area contributed by atoms with E-state index in [0.717, 1.165) is 5.56 Å². The van der Waals surface area contributed by atoms with E-state index in [1.807, 2.05) is 30.3 Å². The molecule has 0 aliphatic carbocycles. The van der Waals surface area contributed by atoms with Crippen LogP contribution in [0.25, 0.3) is 0 Å². The maximum absolute atomic E-state index is 11.4. The third kappa shape index (κ3) is 6.82. The fourth-order valence-corrected chi connectivity index (χ4v) is 1.30. The van der Waals surface area contributed by atoms with Gasteiger partial charge in [0, 0.05) is 13.3 Å². The number of rotatable bonds is 5. The number of benzene rings is 1. The van der Waals surface area contributed by atoms with Crippen LogP contribution in [0.1, 0.15) is 18.9 Å². The van der Waals surface area contributed by atoms with Crippen LogP contribution in [0.2, 0.25) is 0 Å². The molecule has 0 saturated carbocycles. The van der Waals surface area contributed by atoms with Crippen LogP contribution >= 0.6 is 0 Å². The topological polar surface area (TPSA) is 84.5 Å². The second-order valence-corrected chi connectivity index (χ2v) is 3.88. The van der Waals surface area contributed by atoms with Crippen LogP contribution in [-0.2, 0) is 25.5 Å². The van der Waals surface area contributed by atoms with Crippen molar-refractivity contribution in [2.75, 3.05) is 6.61 Å². The molecule has 0 aromatic heterocycles. The summed E-state index contributed by atoms with van der Waals surface area (Å²) < 4.78 is 4.76. The fraction of sp³-hybridized carbons (Fsp3) is 0.308. The predicted octanol–water partition coefficient (Wildman–Crippen LogP) is 0.330. The summed E-state index contributed by atoms with van der Waals surface area (Å²) in [5, 5.41) is 0. The zero-order valence-corrected chi connectivity index (χ0v) is 10.6. The molecule has 2 amide bonds. The van der Waals surface area contributed by atoms with Gasteiger partial charge in [-0.05, 0) is 12.0 Å². The Balaban J connectivity index is 2.17. The molecule has 0 radical (unpaired) electrons. The molecule has 6 heteroatoms. The van der Waals surface area contributed by atoms with Gasteiger partial charge >= 0.3 is 5.97 Å². The fourth-order valence-electron chi connectivity index (χ4n) is 1.30. The van der Waals surface area contributed by atoms with Crippen LogP contribution in [0.3, 0.4) is 0 Å². The van der Waals surface area contributed by atoms with Crippen LogP contribution < -0.4 is 10.9 Å². The highest BCUT2D eigenvalue weighted by Gasteiger charge is 2.07. The molecule has 0 atom stereocenters. The number of ether oxygens (including phenoxy) is 1. The second kappa shape index (κ2) is 7.86. The number of amides is 2. The largest absolute Gasteiger partial charge is 0.455 e. The molecule has 6 nitrogen and oxygen atoms in total. The van der Waals surface area contributed by atoms with Crippen molar-refractivity contribution in [2.24, 2.45) is 0 Å². The SMILES string of the molecule is CC(=O)NNC(=O)COC(=O)CCc1ccccc1. The van der Waals surface area contributed by atoms with Crippen molar-refractivity contribution in [1.29, 1.82) is 0 Å². The van der Waals surface area contributed by atoms with E-state index in [2.05, 4.69) is 10.9 Å². The molecule has 1 aromatic rings. The lowest BCUT2D eigenvalue weighted by Gasteiger charge is -2.06. The Hall–Kier alpha value is -2.37. The zero-order chi connectivity index (χ0) is 14.1. The Morgan fingerprint density at radius 3 is 2.42 bits per heavy atom. The molecule has 0 fully saturated rings. The summed E-state index contributed by atoms with van der Waals surface area (Å²) >= 11 is 0. The lowest BCUT2D eigenvalue weighted by molar-refractivity contribution is -0.148. The number of nitrogens with one attached hydrogen (secondary N) is 2. The molecule has 1 rings (SSSR count). The van der Waals surface area contributed by atoms with Gasteiger partial charge in [0.2, 0.25) is 5.91 Å². The molecule has 0 bridgehead atoms. The third-order valence-corrected chi connectivity index (χ3v) is 2.20. The Labute approximate surface area is 111 Å². The summed E-state index contributed by atoms with van der Waals surface area (Å²) in [6.45, 7) is 0.847. The van der Waals surface area contributed by atoms with Gasteiger partial charge in [-0.3, -0.25) is 25.2 Å². The molecule has 0 aliphatic rings. The Morgan fingerprint density at radius 1 is 1.11 bits per heavy atom. The molecule has 0 unspecified atom stereocenters. The molecule has 0 aliphatic heterocycles. The van der Waals surface area contributed by atoms with Crippen molar-refractivity contribution in [3.8, 4) is 0 Å². The minimum absolute atomic E-state index is 0.206. The van der Waals surface area contributed by atoms with Crippen molar-refractivity contribution >= 4 is 17.8 Å². The number of hydrogen-bond acceptors (Lipinski definition) is 4. The Morgan fingerprint density at radius 2 is 1.79 bits per heavy atom. The van der Waals surface area contributed by atoms with Gasteiger partial charge in [0.05, 0.1) is 0 Å². The lowest BCUT2D eigenvalue weighted by atomic mass is 10.1. The summed E-state index contributed by atoms with van der Waals surface area (Å²) in [4.78, 5) is 33.0. The first-order valence-corrected chi connectivity index (χ1v) is 5.83. The molecule has 1 aromatic carbocycles. The number of aryl methyl sites for hydroxylation is 1. The summed E-state index contributed by atoms with van der Waals surface area (Å²) in [5.41, 5.74) is 5.22. The van der Waals surface area contributed by atoms with Gasteiger partial charge in [-0.1, -0.05) is 30.3 Å². The predicted molar refractivity (Wildman–Crippen MR) is 67.7 cm³/mol. The minimum Gasteiger partial charge on any atom is -0.455 e. The summed E-state index contributed by atoms with van der Waals surface area (Å²) in [5.74, 6) is -1.44. The van der Waals surface area contributed by atoms with E-state index in [9.17, 15) is 14.4 Å². The van der Waals surface area contributed by atoms with E-state index in [1.54, 1.807) is 0 Å². The standard InChI is InChI=1S/C13H16N2O4/c1-10(16)14-15-12(17)9-19-13(18)8-7-11-5-3-2-4-6-11/h2-6H,7-9H2,1H3,(H,14,16)(H,15,17). The normalized spacial score (nSPS) is 9.53. The lowest BCUT2D eigenvalue weighted by Crippen LogP contribution is -2.42. The van der Waals surface area contributed by atoms with Gasteiger partial charge in [-0.2, -0.15) is 0 Å². The summed E-state index contributed by atoms with van der Waals surface area (Å²) in [7, 11) is 0. The minimum atomic E-state index is -0.580. The smallest absolute Gasteiger partial charge is 0.306 e. The van der Waals surface area contributed by atoms with E-state index in [0.29, 0.717) is 6.42 Å². The highest BCUT2D eigenvalue weighted by molar-refractivity contribution is 5.83. The molecule has 102 valence electrons. The number of esters is 1. The van der Waals surface area contributed by atoms with Gasteiger partial charge in [-0.15, -0.1) is 0 Å². The quantitative estimate of drug-likeness (QED) is 0.593. The van der Waals surface area contributed by atoms with Gasteiger partial charge < -0.3 is 4.74 Å². The van der Waals surface area contributed by atoms with Crippen LogP contribution in [0.4, 0.5) is 0 Å². The first-order chi connectivity index (χ1) is 9.08. The van der Waals surface area contributed by atoms with E-state index in [-0.39, 0.29) is 6.42 Å². The number of carbonyl (C=O) groups excluding carboxylic acids is 3. The van der Waals surface area contributed by atoms with Crippen molar-refractivity contribution in [1.82, 2.24) is 10.9 Å². The second-order valence-electron chi connectivity index (χ2n) is 3.88. The molecule has 2 N–H and O–H groups in total. The van der Waals surface area contributed by atoms with Crippen LogP contribution in [0, 0.1) is 0 Å². The first kappa shape index (κ1) is 14.7. The van der Waals surface area contributed by atoms with Gasteiger partial charge in [0.1, 0.15) is 0 Å². The number of hydrazine groups is 1. The van der Waals surface area contributed by atoms with Crippen molar-refractivity contribution < 1.29 is 19.1 Å². The van der Waals surface area contributed by atoms with E-state index >= 15 is 0 Å². The highest BCUT2D eigenvalue weighted by atomic mass is 16.5. The molecule has 0 spiro atoms. The zero-order valence-electron chi connectivity index (χ0n) is 10.6. The van der Waals surface area contributed by atoms with Crippen LogP contribution in [0.15, 0.2) is 30.3 Å². The molecule has 0 saturated heterocycles. The summed E-state index contributed by atoms with van der Waals surface area (Å²) in [6.07, 6.45) is 0.768. The van der Waals surface area contributed by atoms with Crippen LogP contribution in [0.5, 0.6) is 0 Å². The van der Waals surface area contributed by atoms with Gasteiger partial charge in [0.25, 0.3) is 5.91 Å². The van der Waals surface area contributed by atoms with E-state index in [1.165, 1.54) is 6.92 Å². The maximum Gasteiger partial charge on any atom is 0.306 e. The summed E-state index contributed by atoms with van der Waals surface area (Å²) in [6, 6.07) is 9.50. The van der Waals surface area contributed by atoms with Crippen molar-refractivity contribution in [3.05, 3.63) is 35.9 Å². The van der Waals surface area contributed by atoms with Crippen LogP contribution in [-0.4, -0.2) is 24.4 Å². The maximum atomic E-state index is 11.4. The molecular weight excluding hydrogens is 248 g/mol. The average Bonchev–Trinajstić information content (AvgIpc) is 2.41. The van der Waals surface area contributed by atoms with Crippen molar-refractivity contribution in [3.63, 3.8) is 0 Å². The van der Waals surface area contributed by atoms with E-state index in [4.69, 9.17) is 4.74 Å². The molecular formula is C13H16N2O4. The number of hydrogen-bond donors (Lipinski definition) is 2. The van der Waals surface area contributed by atoms with E-state index < -0.39 is 24.4 Å². The molecule has 19 heavy (non-hydrogen) atoms. The first-order valence-electron chi connectivity index (χ1n) is 5.83. The Bertz CT molecular complexity index is 445. The van der Waals surface area contributed by atoms with Crippen molar-refractivity contribution in [2.45, 2.75) is 19.8 Å². The van der Waals surface area contributed by atoms with Gasteiger partial charge in [-0.25, -0.2) is 0 Å². The molecule has 0 heterocycles. The van der Waals surface area contributed by atoms with Gasteiger partial charge in [0.15, 0.2) is 6.61 Å². The highest BCUT2D eigenvalue weighted by Crippen LogP contribution is 2.02.